The highest BCUT2D eigenvalue weighted by molar-refractivity contribution is 5.88. The number of aromatic nitrogens is 1. The third kappa shape index (κ3) is 4.21. The fourth-order valence-corrected chi connectivity index (χ4v) is 4.73. The molecule has 0 aliphatic heterocycles. The average Bonchev–Trinajstić information content (AvgIpc) is 3.24. The molecule has 5 nitrogen and oxygen atoms in total. The summed E-state index contributed by atoms with van der Waals surface area (Å²) in [7, 11) is 0. The fourth-order valence-electron chi connectivity index (χ4n) is 4.73. The minimum Gasteiger partial charge on any atom is -0.478 e. The third-order valence-electron chi connectivity index (χ3n) is 6.24. The topological polar surface area (TPSA) is 71.3 Å². The minimum atomic E-state index is -1.12. The van der Waals surface area contributed by atoms with Crippen molar-refractivity contribution in [2.45, 2.75) is 69.9 Å². The van der Waals surface area contributed by atoms with Gasteiger partial charge < -0.3 is 15.0 Å². The van der Waals surface area contributed by atoms with Gasteiger partial charge in [-0.2, -0.15) is 0 Å². The second kappa shape index (κ2) is 8.39. The standard InChI is InChI=1S/C23H27FN2O3/c24-19-12-18-21(13-20(19)25-16-6-2-1-3-7-16)26(17-8-4-5-9-17)14-15(23(18)29)10-11-22(27)28/h10-14,16-17,25H,1-9H2,(H,27,28)/b11-10+. The molecule has 1 aromatic carbocycles. The molecule has 2 saturated carbocycles. The highest BCUT2D eigenvalue weighted by atomic mass is 19.1. The van der Waals surface area contributed by atoms with Gasteiger partial charge in [-0.1, -0.05) is 32.1 Å². The van der Waals surface area contributed by atoms with E-state index < -0.39 is 11.8 Å². The Bertz CT molecular complexity index is 999. The number of pyridine rings is 1. The van der Waals surface area contributed by atoms with Gasteiger partial charge in [-0.3, -0.25) is 4.79 Å². The number of anilines is 1. The van der Waals surface area contributed by atoms with Crippen LogP contribution in [0, 0.1) is 5.82 Å². The Kier molecular flexibility index (Phi) is 5.69. The smallest absolute Gasteiger partial charge is 0.328 e. The number of carboxylic acid groups (broad SMARTS) is 1. The zero-order chi connectivity index (χ0) is 20.4. The molecule has 2 aliphatic rings. The van der Waals surface area contributed by atoms with Gasteiger partial charge in [0.2, 0.25) is 0 Å². The van der Waals surface area contributed by atoms with Crippen molar-refractivity contribution in [1.82, 2.24) is 4.57 Å². The molecular weight excluding hydrogens is 371 g/mol. The number of carbonyl (C=O) groups is 1. The van der Waals surface area contributed by atoms with Gasteiger partial charge in [-0.05, 0) is 43.9 Å². The number of hydrogen-bond donors (Lipinski definition) is 2. The maximum Gasteiger partial charge on any atom is 0.328 e. The molecule has 1 aromatic heterocycles. The Morgan fingerprint density at radius 1 is 1.10 bits per heavy atom. The van der Waals surface area contributed by atoms with Crippen molar-refractivity contribution in [2.24, 2.45) is 0 Å². The lowest BCUT2D eigenvalue weighted by molar-refractivity contribution is -0.131. The van der Waals surface area contributed by atoms with E-state index in [2.05, 4.69) is 9.88 Å². The van der Waals surface area contributed by atoms with E-state index >= 15 is 0 Å². The van der Waals surface area contributed by atoms with Crippen molar-refractivity contribution < 1.29 is 14.3 Å². The number of hydrogen-bond acceptors (Lipinski definition) is 3. The molecule has 0 saturated heterocycles. The molecule has 0 spiro atoms. The first kappa shape index (κ1) is 19.7. The molecule has 29 heavy (non-hydrogen) atoms. The Morgan fingerprint density at radius 2 is 1.79 bits per heavy atom. The minimum absolute atomic E-state index is 0.239. The van der Waals surface area contributed by atoms with Gasteiger partial charge in [0.05, 0.1) is 11.2 Å². The molecule has 6 heteroatoms. The first-order valence-electron chi connectivity index (χ1n) is 10.6. The summed E-state index contributed by atoms with van der Waals surface area (Å²) < 4.78 is 16.9. The van der Waals surface area contributed by atoms with E-state index in [-0.39, 0.29) is 23.1 Å². The van der Waals surface area contributed by atoms with E-state index in [4.69, 9.17) is 5.11 Å². The number of aliphatic carboxylic acids is 1. The summed E-state index contributed by atoms with van der Waals surface area (Å²) in [6.07, 6.45) is 13.8. The van der Waals surface area contributed by atoms with Crippen LogP contribution in [-0.4, -0.2) is 21.7 Å². The van der Waals surface area contributed by atoms with Crippen LogP contribution in [0.5, 0.6) is 0 Å². The second-order valence-corrected chi connectivity index (χ2v) is 8.26. The summed E-state index contributed by atoms with van der Waals surface area (Å²) in [4.78, 5) is 23.8. The Labute approximate surface area is 169 Å². The van der Waals surface area contributed by atoms with Crippen molar-refractivity contribution in [3.63, 3.8) is 0 Å². The maximum absolute atomic E-state index is 14.9. The number of nitrogens with one attached hydrogen (secondary N) is 1. The monoisotopic (exact) mass is 398 g/mol. The van der Waals surface area contributed by atoms with Crippen molar-refractivity contribution in [2.75, 3.05) is 5.32 Å². The number of nitrogens with zero attached hydrogens (tertiary/aromatic N) is 1. The summed E-state index contributed by atoms with van der Waals surface area (Å²) in [6.45, 7) is 0. The first-order valence-corrected chi connectivity index (χ1v) is 10.6. The van der Waals surface area contributed by atoms with Gasteiger partial charge in [0.15, 0.2) is 5.43 Å². The lowest BCUT2D eigenvalue weighted by Crippen LogP contribution is -2.23. The van der Waals surface area contributed by atoms with Crippen LogP contribution >= 0.6 is 0 Å². The molecule has 4 rings (SSSR count). The number of benzene rings is 1. The maximum atomic E-state index is 14.9. The van der Waals surface area contributed by atoms with Crippen LogP contribution in [0.2, 0.25) is 0 Å². The van der Waals surface area contributed by atoms with Crippen LogP contribution in [0.15, 0.2) is 29.2 Å². The molecule has 2 N–H and O–H groups in total. The number of rotatable bonds is 5. The average molecular weight is 398 g/mol. The molecule has 0 unspecified atom stereocenters. The van der Waals surface area contributed by atoms with Crippen molar-refractivity contribution in [3.05, 3.63) is 46.0 Å². The molecule has 2 aromatic rings. The van der Waals surface area contributed by atoms with Gasteiger partial charge in [0, 0.05) is 35.3 Å². The number of fused-ring (bicyclic) bond motifs is 1. The van der Waals surface area contributed by atoms with E-state index in [9.17, 15) is 14.0 Å². The number of halogens is 1. The SMILES string of the molecule is O=C(O)/C=C/c1cn(C2CCCC2)c2cc(NC3CCCCC3)c(F)cc2c1=O. The van der Waals surface area contributed by atoms with Crippen LogP contribution in [-0.2, 0) is 4.79 Å². The van der Waals surface area contributed by atoms with Crippen molar-refractivity contribution >= 4 is 28.6 Å². The lowest BCUT2D eigenvalue weighted by atomic mass is 9.95. The van der Waals surface area contributed by atoms with Crippen molar-refractivity contribution in [1.29, 1.82) is 0 Å². The predicted molar refractivity (Wildman–Crippen MR) is 113 cm³/mol. The molecule has 2 fully saturated rings. The molecule has 2 aliphatic carbocycles. The molecule has 0 radical (unpaired) electrons. The van der Waals surface area contributed by atoms with Gasteiger partial charge in [-0.25, -0.2) is 9.18 Å². The second-order valence-electron chi connectivity index (χ2n) is 8.26. The largest absolute Gasteiger partial charge is 0.478 e. The summed E-state index contributed by atoms with van der Waals surface area (Å²) in [6, 6.07) is 3.58. The highest BCUT2D eigenvalue weighted by Crippen LogP contribution is 2.34. The highest BCUT2D eigenvalue weighted by Gasteiger charge is 2.22. The van der Waals surface area contributed by atoms with Gasteiger partial charge >= 0.3 is 5.97 Å². The third-order valence-corrected chi connectivity index (χ3v) is 6.24. The van der Waals surface area contributed by atoms with Gasteiger partial charge in [0.1, 0.15) is 5.82 Å². The molecule has 154 valence electrons. The zero-order valence-corrected chi connectivity index (χ0v) is 16.5. The van der Waals surface area contributed by atoms with E-state index in [0.717, 1.165) is 57.4 Å². The van der Waals surface area contributed by atoms with Gasteiger partial charge in [-0.15, -0.1) is 0 Å². The van der Waals surface area contributed by atoms with E-state index in [0.29, 0.717) is 16.6 Å². The van der Waals surface area contributed by atoms with Crippen LogP contribution in [0.25, 0.3) is 17.0 Å². The van der Waals surface area contributed by atoms with E-state index in [1.807, 2.05) is 0 Å². The van der Waals surface area contributed by atoms with Crippen LogP contribution < -0.4 is 10.7 Å². The summed E-state index contributed by atoms with van der Waals surface area (Å²) in [5, 5.41) is 12.6. The van der Waals surface area contributed by atoms with Gasteiger partial charge in [0.25, 0.3) is 0 Å². The Hall–Kier alpha value is -2.63. The molecular formula is C23H27FN2O3. The molecule has 0 amide bonds. The first-order chi connectivity index (χ1) is 14.0. The normalized spacial score (nSPS) is 18.7. The van der Waals surface area contributed by atoms with Crippen LogP contribution in [0.4, 0.5) is 10.1 Å². The predicted octanol–water partition coefficient (Wildman–Crippen LogP) is 5.10. The van der Waals surface area contributed by atoms with Crippen molar-refractivity contribution in [3.8, 4) is 0 Å². The summed E-state index contributed by atoms with van der Waals surface area (Å²) in [5.41, 5.74) is 1.10. The lowest BCUT2D eigenvalue weighted by Gasteiger charge is -2.25. The van der Waals surface area contributed by atoms with Crippen LogP contribution in [0.3, 0.4) is 0 Å². The zero-order valence-electron chi connectivity index (χ0n) is 16.5. The van der Waals surface area contributed by atoms with Crippen LogP contribution in [0.1, 0.15) is 69.4 Å². The molecule has 0 bridgehead atoms. The quantitative estimate of drug-likeness (QED) is 0.688. The fraction of sp³-hybridized carbons (Fsp3) is 0.478. The summed E-state index contributed by atoms with van der Waals surface area (Å²) >= 11 is 0. The molecule has 1 heterocycles. The Balaban J connectivity index is 1.82. The molecule has 0 atom stereocenters. The number of carboxylic acids is 1. The van der Waals surface area contributed by atoms with E-state index in [1.54, 1.807) is 12.3 Å². The Morgan fingerprint density at radius 3 is 2.48 bits per heavy atom. The van der Waals surface area contributed by atoms with E-state index in [1.165, 1.54) is 18.6 Å². The summed E-state index contributed by atoms with van der Waals surface area (Å²) in [5.74, 6) is -1.55.